The first-order valence-electron chi connectivity index (χ1n) is 5.94. The minimum Gasteiger partial charge on any atom is -0.484 e. The number of rotatable bonds is 6. The largest absolute Gasteiger partial charge is 0.484 e. The molecule has 1 aromatic rings. The molecule has 1 amide bonds. The van der Waals surface area contributed by atoms with Crippen LogP contribution in [-0.4, -0.2) is 26.1 Å². The number of amides is 1. The van der Waals surface area contributed by atoms with Gasteiger partial charge in [0.15, 0.2) is 6.61 Å². The van der Waals surface area contributed by atoms with Crippen molar-refractivity contribution in [2.24, 2.45) is 0 Å². The Balaban J connectivity index is 2.64. The maximum Gasteiger partial charge on any atom is 0.257 e. The fourth-order valence-corrected chi connectivity index (χ4v) is 1.50. The SMILES string of the molecule is CCNC(=O)COc1ccc(C(C)NC)c(F)c1. The maximum atomic E-state index is 13.7. The zero-order valence-corrected chi connectivity index (χ0v) is 10.9. The Hall–Kier alpha value is -1.62. The highest BCUT2D eigenvalue weighted by atomic mass is 19.1. The highest BCUT2D eigenvalue weighted by Gasteiger charge is 2.10. The van der Waals surface area contributed by atoms with Crippen LogP contribution in [0.15, 0.2) is 18.2 Å². The van der Waals surface area contributed by atoms with Gasteiger partial charge in [0.2, 0.25) is 0 Å². The van der Waals surface area contributed by atoms with E-state index < -0.39 is 0 Å². The second-order valence-electron chi connectivity index (χ2n) is 3.94. The summed E-state index contributed by atoms with van der Waals surface area (Å²) in [4.78, 5) is 11.2. The first kappa shape index (κ1) is 14.4. The highest BCUT2D eigenvalue weighted by Crippen LogP contribution is 2.21. The Morgan fingerprint density at radius 1 is 1.50 bits per heavy atom. The van der Waals surface area contributed by atoms with Gasteiger partial charge in [-0.2, -0.15) is 0 Å². The predicted molar refractivity (Wildman–Crippen MR) is 68.1 cm³/mol. The van der Waals surface area contributed by atoms with Crippen molar-refractivity contribution < 1.29 is 13.9 Å². The molecule has 0 heterocycles. The Kier molecular flexibility index (Phi) is 5.58. The molecule has 0 saturated carbocycles. The molecular weight excluding hydrogens is 235 g/mol. The smallest absolute Gasteiger partial charge is 0.257 e. The van der Waals surface area contributed by atoms with Gasteiger partial charge in [-0.05, 0) is 27.0 Å². The van der Waals surface area contributed by atoms with E-state index in [2.05, 4.69) is 10.6 Å². The Labute approximate surface area is 107 Å². The van der Waals surface area contributed by atoms with Crippen LogP contribution >= 0.6 is 0 Å². The second kappa shape index (κ2) is 6.96. The van der Waals surface area contributed by atoms with E-state index >= 15 is 0 Å². The molecule has 0 bridgehead atoms. The molecule has 0 aliphatic carbocycles. The molecule has 0 aliphatic heterocycles. The molecule has 18 heavy (non-hydrogen) atoms. The summed E-state index contributed by atoms with van der Waals surface area (Å²) < 4.78 is 18.9. The van der Waals surface area contributed by atoms with Gasteiger partial charge in [-0.25, -0.2) is 4.39 Å². The summed E-state index contributed by atoms with van der Waals surface area (Å²) in [5.74, 6) is -0.207. The molecule has 0 fully saturated rings. The van der Waals surface area contributed by atoms with E-state index in [9.17, 15) is 9.18 Å². The molecule has 1 aromatic carbocycles. The molecule has 4 nitrogen and oxygen atoms in total. The fourth-order valence-electron chi connectivity index (χ4n) is 1.50. The molecule has 1 rings (SSSR count). The van der Waals surface area contributed by atoms with Crippen molar-refractivity contribution in [3.63, 3.8) is 0 Å². The predicted octanol–water partition coefficient (Wildman–Crippen LogP) is 1.62. The Morgan fingerprint density at radius 3 is 2.78 bits per heavy atom. The van der Waals surface area contributed by atoms with Crippen LogP contribution in [0, 0.1) is 5.82 Å². The van der Waals surface area contributed by atoms with Crippen LogP contribution in [0.25, 0.3) is 0 Å². The lowest BCUT2D eigenvalue weighted by Crippen LogP contribution is -2.28. The van der Waals surface area contributed by atoms with Crippen LogP contribution in [0.4, 0.5) is 4.39 Å². The van der Waals surface area contributed by atoms with Gasteiger partial charge in [0, 0.05) is 24.2 Å². The normalized spacial score (nSPS) is 12.0. The minimum atomic E-state index is -0.342. The van der Waals surface area contributed by atoms with Gasteiger partial charge in [0.05, 0.1) is 0 Å². The molecule has 0 aliphatic rings. The summed E-state index contributed by atoms with van der Waals surface area (Å²) in [6, 6.07) is 4.54. The molecule has 1 unspecified atom stereocenters. The third kappa shape index (κ3) is 4.00. The summed E-state index contributed by atoms with van der Waals surface area (Å²) in [6.45, 7) is 4.14. The van der Waals surface area contributed by atoms with Crippen molar-refractivity contribution in [3.8, 4) is 5.75 Å². The maximum absolute atomic E-state index is 13.7. The molecule has 0 radical (unpaired) electrons. The van der Waals surface area contributed by atoms with Crippen molar-refractivity contribution in [3.05, 3.63) is 29.6 Å². The van der Waals surface area contributed by atoms with Crippen molar-refractivity contribution in [1.82, 2.24) is 10.6 Å². The summed E-state index contributed by atoms with van der Waals surface area (Å²) >= 11 is 0. The first-order valence-corrected chi connectivity index (χ1v) is 5.94. The van der Waals surface area contributed by atoms with E-state index in [1.54, 1.807) is 19.2 Å². The molecule has 1 atom stereocenters. The fraction of sp³-hybridized carbons (Fsp3) is 0.462. The monoisotopic (exact) mass is 254 g/mol. The van der Waals surface area contributed by atoms with Gasteiger partial charge in [-0.15, -0.1) is 0 Å². The minimum absolute atomic E-state index is 0.0672. The van der Waals surface area contributed by atoms with Crippen LogP contribution in [0.2, 0.25) is 0 Å². The molecule has 0 saturated heterocycles. The number of carbonyl (C=O) groups is 1. The standard InChI is InChI=1S/C13H19FN2O2/c1-4-16-13(17)8-18-10-5-6-11(9(2)15-3)12(14)7-10/h5-7,9,15H,4,8H2,1-3H3,(H,16,17). The van der Waals surface area contributed by atoms with E-state index in [-0.39, 0.29) is 24.4 Å². The van der Waals surface area contributed by atoms with Crippen LogP contribution in [0.3, 0.4) is 0 Å². The van der Waals surface area contributed by atoms with Gasteiger partial charge in [0.25, 0.3) is 5.91 Å². The van der Waals surface area contributed by atoms with Crippen molar-refractivity contribution >= 4 is 5.91 Å². The van der Waals surface area contributed by atoms with Gasteiger partial charge in [-0.3, -0.25) is 4.79 Å². The Morgan fingerprint density at radius 2 is 2.22 bits per heavy atom. The van der Waals surface area contributed by atoms with E-state index in [1.807, 2.05) is 13.8 Å². The lowest BCUT2D eigenvalue weighted by molar-refractivity contribution is -0.122. The molecule has 0 spiro atoms. The number of nitrogens with one attached hydrogen (secondary N) is 2. The Bertz CT molecular complexity index is 410. The van der Waals surface area contributed by atoms with E-state index in [1.165, 1.54) is 6.07 Å². The lowest BCUT2D eigenvalue weighted by Gasteiger charge is -2.13. The van der Waals surface area contributed by atoms with Crippen LogP contribution in [0.1, 0.15) is 25.5 Å². The zero-order chi connectivity index (χ0) is 13.5. The third-order valence-corrected chi connectivity index (χ3v) is 2.62. The third-order valence-electron chi connectivity index (χ3n) is 2.62. The summed E-state index contributed by atoms with van der Waals surface area (Å²) in [6.07, 6.45) is 0. The number of benzene rings is 1. The van der Waals surface area contributed by atoms with E-state index in [0.29, 0.717) is 17.9 Å². The second-order valence-corrected chi connectivity index (χ2v) is 3.94. The van der Waals surface area contributed by atoms with Gasteiger partial charge < -0.3 is 15.4 Å². The summed E-state index contributed by atoms with van der Waals surface area (Å²) in [5.41, 5.74) is 0.572. The molecule has 0 aromatic heterocycles. The molecule has 2 N–H and O–H groups in total. The topological polar surface area (TPSA) is 50.4 Å². The molecule has 5 heteroatoms. The average Bonchev–Trinajstić information content (AvgIpc) is 2.36. The number of halogens is 1. The van der Waals surface area contributed by atoms with E-state index in [0.717, 1.165) is 0 Å². The van der Waals surface area contributed by atoms with Gasteiger partial charge in [0.1, 0.15) is 11.6 Å². The average molecular weight is 254 g/mol. The first-order chi connectivity index (χ1) is 8.58. The zero-order valence-electron chi connectivity index (χ0n) is 10.9. The van der Waals surface area contributed by atoms with E-state index in [4.69, 9.17) is 4.74 Å². The van der Waals surface area contributed by atoms with Crippen molar-refractivity contribution in [1.29, 1.82) is 0 Å². The number of hydrogen-bond acceptors (Lipinski definition) is 3. The lowest BCUT2D eigenvalue weighted by atomic mass is 10.1. The number of likely N-dealkylation sites (N-methyl/N-ethyl adjacent to an activating group) is 1. The summed E-state index contributed by atoms with van der Waals surface area (Å²) in [7, 11) is 1.77. The van der Waals surface area contributed by atoms with Crippen LogP contribution in [-0.2, 0) is 4.79 Å². The number of carbonyl (C=O) groups excluding carboxylic acids is 1. The highest BCUT2D eigenvalue weighted by molar-refractivity contribution is 5.77. The van der Waals surface area contributed by atoms with Crippen molar-refractivity contribution in [2.75, 3.05) is 20.2 Å². The van der Waals surface area contributed by atoms with Crippen LogP contribution in [0.5, 0.6) is 5.75 Å². The van der Waals surface area contributed by atoms with Gasteiger partial charge in [-0.1, -0.05) is 6.07 Å². The molecular formula is C13H19FN2O2. The van der Waals surface area contributed by atoms with Crippen molar-refractivity contribution in [2.45, 2.75) is 19.9 Å². The summed E-state index contributed by atoms with van der Waals surface area (Å²) in [5, 5.41) is 5.56. The number of hydrogen-bond donors (Lipinski definition) is 2. The quantitative estimate of drug-likeness (QED) is 0.811. The van der Waals surface area contributed by atoms with Crippen LogP contribution < -0.4 is 15.4 Å². The number of ether oxygens (including phenoxy) is 1. The molecule has 100 valence electrons. The van der Waals surface area contributed by atoms with Gasteiger partial charge >= 0.3 is 0 Å².